The van der Waals surface area contributed by atoms with Crippen LogP contribution in [0.25, 0.3) is 11.2 Å². The molecule has 0 aromatic carbocycles. The fraction of sp³-hybridized carbons (Fsp3) is 0.643. The van der Waals surface area contributed by atoms with E-state index >= 15 is 0 Å². The average Bonchev–Trinajstić information content (AvgIpc) is 3.15. The van der Waals surface area contributed by atoms with Crippen molar-refractivity contribution in [2.24, 2.45) is 0 Å². The van der Waals surface area contributed by atoms with Gasteiger partial charge in [0.15, 0.2) is 23.2 Å². The maximum Gasteiger partial charge on any atom is 0.469 e. The standard InChI is InChI=1S/C14H22N5O8P/c1-2-3-4-25-14-17-11(15)8-12(18-14)19(6-16-8)13-10(21)9(20)7(27-13)5-26-28(22,23)24/h6-7,9-10,13,20-21H,2-5H2,1H3,(H2,15,17,18)(H2,22,23,24)/t7-,9-,10-,13-/m1/s1. The largest absolute Gasteiger partial charge is 0.469 e. The molecule has 13 nitrogen and oxygen atoms in total. The smallest absolute Gasteiger partial charge is 0.463 e. The number of aromatic nitrogens is 4. The molecule has 2 aromatic rings. The molecule has 3 rings (SSSR count). The summed E-state index contributed by atoms with van der Waals surface area (Å²) in [6, 6.07) is 0.0367. The number of nitrogen functional groups attached to an aromatic ring is 1. The average molecular weight is 419 g/mol. The van der Waals surface area contributed by atoms with Crippen molar-refractivity contribution in [1.82, 2.24) is 19.5 Å². The van der Waals surface area contributed by atoms with Gasteiger partial charge in [-0.05, 0) is 6.42 Å². The lowest BCUT2D eigenvalue weighted by molar-refractivity contribution is -0.0504. The van der Waals surface area contributed by atoms with E-state index in [2.05, 4.69) is 19.5 Å². The maximum atomic E-state index is 10.9. The molecular formula is C14H22N5O8P. The van der Waals surface area contributed by atoms with Gasteiger partial charge >= 0.3 is 13.8 Å². The fourth-order valence-corrected chi connectivity index (χ4v) is 3.08. The van der Waals surface area contributed by atoms with Crippen molar-refractivity contribution in [3.63, 3.8) is 0 Å². The third-order valence-electron chi connectivity index (χ3n) is 4.18. The molecule has 0 spiro atoms. The molecule has 1 saturated heterocycles. The first-order chi connectivity index (χ1) is 13.2. The number of nitrogens with two attached hydrogens (primary N) is 1. The Balaban J connectivity index is 1.85. The summed E-state index contributed by atoms with van der Waals surface area (Å²) in [5.41, 5.74) is 6.36. The second-order valence-electron chi connectivity index (χ2n) is 6.25. The summed E-state index contributed by atoms with van der Waals surface area (Å²) in [4.78, 5) is 30.0. The molecule has 1 fully saturated rings. The zero-order chi connectivity index (χ0) is 20.5. The topological polar surface area (TPSA) is 195 Å². The van der Waals surface area contributed by atoms with Crippen LogP contribution in [0.2, 0.25) is 0 Å². The predicted molar refractivity (Wildman–Crippen MR) is 94.1 cm³/mol. The van der Waals surface area contributed by atoms with Crippen molar-refractivity contribution < 1.29 is 38.6 Å². The zero-order valence-corrected chi connectivity index (χ0v) is 15.8. The molecule has 0 bridgehead atoms. The lowest BCUT2D eigenvalue weighted by atomic mass is 10.1. The monoisotopic (exact) mass is 419 g/mol. The van der Waals surface area contributed by atoms with Crippen molar-refractivity contribution in [2.75, 3.05) is 18.9 Å². The Morgan fingerprint density at radius 3 is 2.75 bits per heavy atom. The van der Waals surface area contributed by atoms with Crippen LogP contribution in [0.4, 0.5) is 5.82 Å². The number of phosphoric ester groups is 1. The molecule has 1 aliphatic rings. The Labute approximate surface area is 159 Å². The van der Waals surface area contributed by atoms with Crippen LogP contribution < -0.4 is 10.5 Å². The highest BCUT2D eigenvalue weighted by molar-refractivity contribution is 7.46. The summed E-state index contributed by atoms with van der Waals surface area (Å²) in [5.74, 6) is 0.0738. The number of rotatable bonds is 8. The number of hydrogen-bond acceptors (Lipinski definition) is 10. The van der Waals surface area contributed by atoms with Crippen molar-refractivity contribution in [3.8, 4) is 6.01 Å². The second-order valence-corrected chi connectivity index (χ2v) is 7.49. The summed E-state index contributed by atoms with van der Waals surface area (Å²) in [5, 5.41) is 20.4. The van der Waals surface area contributed by atoms with Crippen LogP contribution in [0.3, 0.4) is 0 Å². The second kappa shape index (κ2) is 8.25. The number of nitrogens with zero attached hydrogens (tertiary/aromatic N) is 4. The number of ether oxygens (including phenoxy) is 2. The fourth-order valence-electron chi connectivity index (χ4n) is 2.74. The zero-order valence-electron chi connectivity index (χ0n) is 15.0. The van der Waals surface area contributed by atoms with Gasteiger partial charge in [0, 0.05) is 0 Å². The summed E-state index contributed by atoms with van der Waals surface area (Å²) < 4.78 is 27.5. The van der Waals surface area contributed by atoms with E-state index in [-0.39, 0.29) is 23.0 Å². The van der Waals surface area contributed by atoms with E-state index in [4.69, 9.17) is 25.0 Å². The normalized spacial score (nSPS) is 25.5. The van der Waals surface area contributed by atoms with Crippen molar-refractivity contribution in [2.45, 2.75) is 44.3 Å². The van der Waals surface area contributed by atoms with E-state index in [0.717, 1.165) is 12.8 Å². The SMILES string of the molecule is CCCCOc1nc(N)c2ncn([C@@H]3O[C@H](COP(=O)(O)O)[C@@H](O)[C@H]3O)c2n1. The van der Waals surface area contributed by atoms with Gasteiger partial charge in [-0.15, -0.1) is 0 Å². The van der Waals surface area contributed by atoms with Gasteiger partial charge < -0.3 is 35.2 Å². The van der Waals surface area contributed by atoms with Crippen LogP contribution in [-0.4, -0.2) is 71.0 Å². The third-order valence-corrected chi connectivity index (χ3v) is 4.66. The first-order valence-corrected chi connectivity index (χ1v) is 10.1. The number of aliphatic hydroxyl groups is 2. The number of imidazole rings is 1. The highest BCUT2D eigenvalue weighted by Crippen LogP contribution is 2.39. The summed E-state index contributed by atoms with van der Waals surface area (Å²) in [6.45, 7) is 1.79. The lowest BCUT2D eigenvalue weighted by Crippen LogP contribution is -2.33. The van der Waals surface area contributed by atoms with Gasteiger partial charge in [-0.1, -0.05) is 13.3 Å². The lowest BCUT2D eigenvalue weighted by Gasteiger charge is -2.17. The highest BCUT2D eigenvalue weighted by atomic mass is 31.2. The number of fused-ring (bicyclic) bond motifs is 1. The van der Waals surface area contributed by atoms with E-state index in [0.29, 0.717) is 6.61 Å². The van der Waals surface area contributed by atoms with E-state index in [1.54, 1.807) is 0 Å². The number of anilines is 1. The summed E-state index contributed by atoms with van der Waals surface area (Å²) >= 11 is 0. The van der Waals surface area contributed by atoms with Crippen molar-refractivity contribution in [1.29, 1.82) is 0 Å². The van der Waals surface area contributed by atoms with Gasteiger partial charge in [0.2, 0.25) is 0 Å². The predicted octanol–water partition coefficient (Wildman–Crippen LogP) is -0.684. The molecule has 156 valence electrons. The van der Waals surface area contributed by atoms with E-state index in [1.165, 1.54) is 10.9 Å². The highest BCUT2D eigenvalue weighted by Gasteiger charge is 2.45. The number of phosphoric acid groups is 1. The molecule has 2 aromatic heterocycles. The van der Waals surface area contributed by atoms with Gasteiger partial charge in [-0.3, -0.25) is 9.09 Å². The van der Waals surface area contributed by atoms with E-state index in [1.807, 2.05) is 6.92 Å². The molecule has 28 heavy (non-hydrogen) atoms. The maximum absolute atomic E-state index is 10.9. The Morgan fingerprint density at radius 1 is 1.32 bits per heavy atom. The number of aliphatic hydroxyl groups excluding tert-OH is 2. The number of unbranched alkanes of at least 4 members (excludes halogenated alkanes) is 1. The van der Waals surface area contributed by atoms with Crippen LogP contribution in [0.15, 0.2) is 6.33 Å². The molecular weight excluding hydrogens is 397 g/mol. The summed E-state index contributed by atoms with van der Waals surface area (Å²) in [6.07, 6.45) is -2.16. The minimum absolute atomic E-state index is 0.0367. The summed E-state index contributed by atoms with van der Waals surface area (Å²) in [7, 11) is -4.76. The van der Waals surface area contributed by atoms with Crippen molar-refractivity contribution in [3.05, 3.63) is 6.33 Å². The van der Waals surface area contributed by atoms with Crippen LogP contribution in [-0.2, 0) is 13.8 Å². The Morgan fingerprint density at radius 2 is 2.07 bits per heavy atom. The van der Waals surface area contributed by atoms with Crippen LogP contribution >= 0.6 is 7.82 Å². The molecule has 0 unspecified atom stereocenters. The first-order valence-electron chi connectivity index (χ1n) is 8.55. The number of hydrogen-bond donors (Lipinski definition) is 5. The molecule has 1 aliphatic heterocycles. The Bertz CT molecular complexity index is 873. The van der Waals surface area contributed by atoms with E-state index in [9.17, 15) is 14.8 Å². The molecule has 0 saturated carbocycles. The molecule has 6 N–H and O–H groups in total. The molecule has 14 heteroatoms. The van der Waals surface area contributed by atoms with Gasteiger partial charge in [0.05, 0.1) is 19.5 Å². The first kappa shape index (κ1) is 20.9. The molecule has 4 atom stereocenters. The molecule has 0 radical (unpaired) electrons. The minimum atomic E-state index is -4.76. The van der Waals surface area contributed by atoms with Crippen LogP contribution in [0, 0.1) is 0 Å². The third kappa shape index (κ3) is 4.41. The Kier molecular flexibility index (Phi) is 6.15. The van der Waals surface area contributed by atoms with Gasteiger partial charge in [0.1, 0.15) is 18.3 Å². The molecule has 3 heterocycles. The van der Waals surface area contributed by atoms with Gasteiger partial charge in [-0.25, -0.2) is 9.55 Å². The molecule has 0 aliphatic carbocycles. The Hall–Kier alpha value is -1.86. The van der Waals surface area contributed by atoms with Crippen LogP contribution in [0.5, 0.6) is 6.01 Å². The minimum Gasteiger partial charge on any atom is -0.463 e. The van der Waals surface area contributed by atoms with Crippen LogP contribution in [0.1, 0.15) is 26.0 Å². The van der Waals surface area contributed by atoms with Gasteiger partial charge in [-0.2, -0.15) is 9.97 Å². The quantitative estimate of drug-likeness (QED) is 0.267. The van der Waals surface area contributed by atoms with Crippen molar-refractivity contribution >= 4 is 24.8 Å². The molecule has 0 amide bonds. The van der Waals surface area contributed by atoms with E-state index < -0.39 is 39.0 Å². The van der Waals surface area contributed by atoms with Gasteiger partial charge in [0.25, 0.3) is 0 Å².